The maximum absolute atomic E-state index is 15.6. The van der Waals surface area contributed by atoms with Gasteiger partial charge >= 0.3 is 12.4 Å². The number of nitrogens with zero attached hydrogens (tertiary/aromatic N) is 8. The fraction of sp³-hybridized carbons (Fsp3) is 0.0317. The Balaban J connectivity index is 1.32. The molecular weight excluding hydrogens is 983 g/mol. The molecule has 0 bridgehead atoms. The van der Waals surface area contributed by atoms with E-state index in [-0.39, 0.29) is 73.2 Å². The molecule has 77 heavy (non-hydrogen) atoms. The average Bonchev–Trinajstić information content (AvgIpc) is 4.08. The third-order valence-corrected chi connectivity index (χ3v) is 13.2. The zero-order chi connectivity index (χ0) is 53.6. The number of rotatable bonds is 8. The third-order valence-electron chi connectivity index (χ3n) is 13.2. The number of aromatic nitrogens is 4. The van der Waals surface area contributed by atoms with E-state index in [0.29, 0.717) is 55.2 Å². The second-order valence-corrected chi connectivity index (χ2v) is 17.9. The first kappa shape index (κ1) is 48.6. The van der Waals surface area contributed by atoms with Gasteiger partial charge in [-0.05, 0) is 118 Å². The van der Waals surface area contributed by atoms with Crippen LogP contribution in [0.2, 0.25) is 0 Å². The van der Waals surface area contributed by atoms with Crippen LogP contribution in [0.4, 0.5) is 26.3 Å². The standard InChI is InChI=1S/C63H32F6N8/c64-62(65,66)54-17-9-7-15-48(54)52-31-47(61-75-59(41-11-3-1-4-12-41)74-60(76-61)42-13-5-2-6-14-42)32-53(49-16-8-10-18-55(49)63(67,68)69)58(52)77-56-21-19-43(45-25-37(33-70)23-38(26-45)34-71)29-50(56)51-30-44(20-22-57(51)77)46-27-39(35-72)24-40(28-46)36-73/h1-32H. The molecule has 0 saturated heterocycles. The molecule has 0 aliphatic carbocycles. The molecule has 14 heteroatoms. The van der Waals surface area contributed by atoms with Gasteiger partial charge < -0.3 is 4.57 Å². The van der Waals surface area contributed by atoms with Gasteiger partial charge in [0.25, 0.3) is 0 Å². The smallest absolute Gasteiger partial charge is 0.308 e. The predicted molar refractivity (Wildman–Crippen MR) is 281 cm³/mol. The molecule has 8 nitrogen and oxygen atoms in total. The molecule has 0 spiro atoms. The van der Waals surface area contributed by atoms with E-state index in [9.17, 15) is 21.0 Å². The fourth-order valence-corrected chi connectivity index (χ4v) is 9.75. The van der Waals surface area contributed by atoms with Gasteiger partial charge in [-0.25, -0.2) is 15.0 Å². The van der Waals surface area contributed by atoms with E-state index in [0.717, 1.165) is 12.1 Å². The molecule has 0 radical (unpaired) electrons. The van der Waals surface area contributed by atoms with Gasteiger partial charge in [-0.1, -0.05) is 109 Å². The molecule has 366 valence electrons. The quantitative estimate of drug-likeness (QED) is 0.138. The molecule has 9 aromatic carbocycles. The number of alkyl halides is 6. The van der Waals surface area contributed by atoms with Gasteiger partial charge in [-0.2, -0.15) is 47.4 Å². The van der Waals surface area contributed by atoms with Crippen molar-refractivity contribution in [2.24, 2.45) is 0 Å². The minimum absolute atomic E-state index is 0.0371. The summed E-state index contributed by atoms with van der Waals surface area (Å²) >= 11 is 0. The van der Waals surface area contributed by atoms with E-state index >= 15 is 26.3 Å². The Morgan fingerprint density at radius 2 is 0.675 bits per heavy atom. The van der Waals surface area contributed by atoms with Gasteiger partial charge in [-0.15, -0.1) is 0 Å². The van der Waals surface area contributed by atoms with Crippen LogP contribution in [-0.2, 0) is 12.4 Å². The Morgan fingerprint density at radius 3 is 1.04 bits per heavy atom. The molecule has 0 fully saturated rings. The molecule has 0 amide bonds. The van der Waals surface area contributed by atoms with Gasteiger partial charge in [0, 0.05) is 38.6 Å². The van der Waals surface area contributed by atoms with Crippen molar-refractivity contribution in [1.29, 1.82) is 21.0 Å². The van der Waals surface area contributed by atoms with Crippen LogP contribution in [0.5, 0.6) is 0 Å². The molecule has 11 rings (SSSR count). The summed E-state index contributed by atoms with van der Waals surface area (Å²) < 4.78 is 95.4. The number of nitriles is 4. The largest absolute Gasteiger partial charge is 0.417 e. The molecule has 11 aromatic rings. The lowest BCUT2D eigenvalue weighted by Crippen LogP contribution is -2.11. The Hall–Kier alpha value is -10.7. The highest BCUT2D eigenvalue weighted by Gasteiger charge is 2.37. The summed E-state index contributed by atoms with van der Waals surface area (Å²) in [6.07, 6.45) is -9.93. The predicted octanol–water partition coefficient (Wildman–Crippen LogP) is 16.2. The van der Waals surface area contributed by atoms with Gasteiger partial charge in [0.1, 0.15) is 0 Å². The van der Waals surface area contributed by atoms with Crippen molar-refractivity contribution < 1.29 is 26.3 Å². The van der Waals surface area contributed by atoms with Crippen molar-refractivity contribution in [3.05, 3.63) is 228 Å². The van der Waals surface area contributed by atoms with Crippen LogP contribution < -0.4 is 0 Å². The Labute approximate surface area is 435 Å². The molecule has 2 aromatic heterocycles. The zero-order valence-corrected chi connectivity index (χ0v) is 39.8. The molecule has 0 N–H and O–H groups in total. The topological polar surface area (TPSA) is 139 Å². The van der Waals surface area contributed by atoms with Crippen LogP contribution in [0.15, 0.2) is 194 Å². The molecule has 0 atom stereocenters. The van der Waals surface area contributed by atoms with Crippen LogP contribution >= 0.6 is 0 Å². The first-order valence-electron chi connectivity index (χ1n) is 23.6. The van der Waals surface area contributed by atoms with Crippen LogP contribution in [-0.4, -0.2) is 19.5 Å². The summed E-state index contributed by atoms with van der Waals surface area (Å²) in [5.41, 5.74) is 1.65. The van der Waals surface area contributed by atoms with E-state index in [1.165, 1.54) is 60.7 Å². The third kappa shape index (κ3) is 9.14. The van der Waals surface area contributed by atoms with E-state index in [1.807, 2.05) is 0 Å². The summed E-state index contributed by atoms with van der Waals surface area (Å²) in [6, 6.07) is 58.5. The molecule has 0 saturated carbocycles. The van der Waals surface area contributed by atoms with Crippen molar-refractivity contribution in [1.82, 2.24) is 19.5 Å². The number of hydrogen-bond acceptors (Lipinski definition) is 7. The second kappa shape index (κ2) is 19.3. The number of halogens is 6. The van der Waals surface area contributed by atoms with E-state index in [4.69, 9.17) is 15.0 Å². The van der Waals surface area contributed by atoms with Gasteiger partial charge in [0.15, 0.2) is 17.5 Å². The summed E-state index contributed by atoms with van der Waals surface area (Å²) in [5.74, 6) is 0.364. The van der Waals surface area contributed by atoms with Crippen molar-refractivity contribution in [3.8, 4) is 109 Å². The van der Waals surface area contributed by atoms with E-state index in [1.54, 1.807) is 126 Å². The van der Waals surface area contributed by atoms with Crippen LogP contribution in [0, 0.1) is 45.3 Å². The van der Waals surface area contributed by atoms with Crippen molar-refractivity contribution >= 4 is 21.8 Å². The SMILES string of the molecule is N#Cc1cc(C#N)cc(-c2ccc3c(c2)c2cc(-c4cc(C#N)cc(C#N)c4)ccc2n3-c2c(-c3ccccc3C(F)(F)F)cc(-c3nc(-c4ccccc4)nc(-c4ccccc4)n3)cc2-c2ccccc2C(F)(F)F)c1. The van der Waals surface area contributed by atoms with E-state index in [2.05, 4.69) is 24.3 Å². The number of hydrogen-bond donors (Lipinski definition) is 0. The average molecular weight is 1010 g/mol. The molecular formula is C63H32F6N8. The second-order valence-electron chi connectivity index (χ2n) is 17.9. The lowest BCUT2D eigenvalue weighted by Gasteiger charge is -2.24. The molecule has 0 aliphatic rings. The Kier molecular flexibility index (Phi) is 12.2. The summed E-state index contributed by atoms with van der Waals surface area (Å²) in [6.45, 7) is 0. The van der Waals surface area contributed by atoms with Crippen molar-refractivity contribution in [2.45, 2.75) is 12.4 Å². The van der Waals surface area contributed by atoms with Gasteiger partial charge in [0.2, 0.25) is 0 Å². The highest BCUT2D eigenvalue weighted by atomic mass is 19.4. The lowest BCUT2D eigenvalue weighted by molar-refractivity contribution is -0.137. The van der Waals surface area contributed by atoms with Gasteiger partial charge in [-0.3, -0.25) is 0 Å². The van der Waals surface area contributed by atoms with E-state index < -0.39 is 23.5 Å². The number of benzene rings is 9. The molecule has 0 unspecified atom stereocenters. The molecule has 0 aliphatic heterocycles. The minimum Gasteiger partial charge on any atom is -0.308 e. The zero-order valence-electron chi connectivity index (χ0n) is 39.8. The Morgan fingerprint density at radius 1 is 0.325 bits per heavy atom. The fourth-order valence-electron chi connectivity index (χ4n) is 9.75. The Bertz CT molecular complexity index is 4030. The first-order chi connectivity index (χ1) is 37.2. The van der Waals surface area contributed by atoms with Crippen LogP contribution in [0.3, 0.4) is 0 Å². The summed E-state index contributed by atoms with van der Waals surface area (Å²) in [4.78, 5) is 14.5. The highest BCUT2D eigenvalue weighted by molar-refractivity contribution is 6.13. The van der Waals surface area contributed by atoms with Crippen LogP contribution in [0.1, 0.15) is 33.4 Å². The summed E-state index contributed by atoms with van der Waals surface area (Å²) in [5, 5.41) is 40.7. The van der Waals surface area contributed by atoms with Crippen molar-refractivity contribution in [3.63, 3.8) is 0 Å². The maximum atomic E-state index is 15.6. The minimum atomic E-state index is -4.97. The van der Waals surface area contributed by atoms with Crippen LogP contribution in [0.25, 0.3) is 106 Å². The maximum Gasteiger partial charge on any atom is 0.417 e. The number of fused-ring (bicyclic) bond motifs is 3. The summed E-state index contributed by atoms with van der Waals surface area (Å²) in [7, 11) is 0. The monoisotopic (exact) mass is 1010 g/mol. The first-order valence-corrected chi connectivity index (χ1v) is 23.6. The highest BCUT2D eigenvalue weighted by Crippen LogP contribution is 2.49. The lowest BCUT2D eigenvalue weighted by atomic mass is 9.88. The molecule has 2 heterocycles. The van der Waals surface area contributed by atoms with Crippen molar-refractivity contribution in [2.75, 3.05) is 0 Å². The van der Waals surface area contributed by atoms with Gasteiger partial charge in [0.05, 0.1) is 74.4 Å². The normalized spacial score (nSPS) is 11.5.